The summed E-state index contributed by atoms with van der Waals surface area (Å²) in [4.78, 5) is 0.252. The van der Waals surface area contributed by atoms with Gasteiger partial charge in [0.15, 0.2) is 0 Å². The molecule has 2 atom stereocenters. The zero-order valence-electron chi connectivity index (χ0n) is 12.9. The Morgan fingerprint density at radius 3 is 2.86 bits per heavy atom. The summed E-state index contributed by atoms with van der Waals surface area (Å²) in [6, 6.07) is 0. The van der Waals surface area contributed by atoms with Crippen molar-refractivity contribution in [2.75, 3.05) is 20.1 Å². The average molecular weight is 314 g/mol. The van der Waals surface area contributed by atoms with Crippen LogP contribution in [-0.4, -0.2) is 38.3 Å². The van der Waals surface area contributed by atoms with Gasteiger partial charge in [0.1, 0.15) is 4.90 Å². The lowest BCUT2D eigenvalue weighted by atomic mass is 9.81. The highest BCUT2D eigenvalue weighted by molar-refractivity contribution is 7.89. The first kappa shape index (κ1) is 16.5. The summed E-state index contributed by atoms with van der Waals surface area (Å²) in [6.45, 7) is 4.17. The van der Waals surface area contributed by atoms with Crippen LogP contribution < -0.4 is 10.0 Å². The second kappa shape index (κ2) is 7.38. The van der Waals surface area contributed by atoms with Gasteiger partial charge in [-0.2, -0.15) is 5.10 Å². The minimum absolute atomic E-state index is 0.252. The number of likely N-dealkylation sites (N-methyl/N-ethyl adjacent to an activating group) is 1. The Balaban J connectivity index is 1.93. The Morgan fingerprint density at radius 1 is 1.38 bits per heavy atom. The largest absolute Gasteiger partial charge is 0.318 e. The molecule has 1 saturated carbocycles. The predicted molar refractivity (Wildman–Crippen MR) is 82.5 cm³/mol. The van der Waals surface area contributed by atoms with E-state index in [9.17, 15) is 8.42 Å². The van der Waals surface area contributed by atoms with Crippen molar-refractivity contribution in [3.05, 3.63) is 12.4 Å². The lowest BCUT2D eigenvalue weighted by Gasteiger charge is -2.28. The normalized spacial score (nSPS) is 23.3. The molecular weight excluding hydrogens is 288 g/mol. The fraction of sp³-hybridized carbons (Fsp3) is 0.786. The molecule has 1 fully saturated rings. The number of nitrogens with zero attached hydrogens (tertiary/aromatic N) is 2. The molecule has 0 radical (unpaired) electrons. The van der Waals surface area contributed by atoms with Crippen molar-refractivity contribution in [1.29, 1.82) is 0 Å². The van der Waals surface area contributed by atoms with E-state index in [1.165, 1.54) is 25.5 Å². The molecule has 0 spiro atoms. The molecule has 6 nitrogen and oxygen atoms in total. The van der Waals surface area contributed by atoms with Gasteiger partial charge < -0.3 is 5.32 Å². The van der Waals surface area contributed by atoms with E-state index in [4.69, 9.17) is 0 Å². The molecule has 0 saturated heterocycles. The van der Waals surface area contributed by atoms with E-state index >= 15 is 0 Å². The SMILES string of the molecule is CNCCn1cc(S(=O)(=O)NCC2CCCCC2C)cn1. The van der Waals surface area contributed by atoms with E-state index in [1.807, 2.05) is 7.05 Å². The van der Waals surface area contributed by atoms with E-state index in [-0.39, 0.29) is 4.90 Å². The van der Waals surface area contributed by atoms with Crippen LogP contribution in [0, 0.1) is 11.8 Å². The Kier molecular flexibility index (Phi) is 5.78. The molecule has 0 bridgehead atoms. The second-order valence-corrected chi connectivity index (χ2v) is 7.68. The number of hydrogen-bond acceptors (Lipinski definition) is 4. The fourth-order valence-corrected chi connectivity index (χ4v) is 3.87. The Labute approximate surface area is 127 Å². The molecule has 1 aliphatic rings. The zero-order chi connectivity index (χ0) is 15.3. The molecule has 1 aromatic heterocycles. The number of sulfonamides is 1. The summed E-state index contributed by atoms with van der Waals surface area (Å²) < 4.78 is 29.0. The molecule has 2 rings (SSSR count). The van der Waals surface area contributed by atoms with Crippen molar-refractivity contribution in [2.45, 2.75) is 44.0 Å². The first-order chi connectivity index (χ1) is 10.0. The van der Waals surface area contributed by atoms with Gasteiger partial charge in [-0.15, -0.1) is 0 Å². The molecule has 0 amide bonds. The van der Waals surface area contributed by atoms with Crippen molar-refractivity contribution in [3.8, 4) is 0 Å². The van der Waals surface area contributed by atoms with Crippen molar-refractivity contribution in [3.63, 3.8) is 0 Å². The topological polar surface area (TPSA) is 76.0 Å². The molecule has 21 heavy (non-hydrogen) atoms. The van der Waals surface area contributed by atoms with E-state index in [2.05, 4.69) is 22.1 Å². The van der Waals surface area contributed by atoms with Crippen molar-refractivity contribution < 1.29 is 8.42 Å². The summed E-state index contributed by atoms with van der Waals surface area (Å²) in [7, 11) is -1.59. The van der Waals surface area contributed by atoms with Crippen LogP contribution in [0.25, 0.3) is 0 Å². The highest BCUT2D eigenvalue weighted by Gasteiger charge is 2.24. The van der Waals surface area contributed by atoms with Gasteiger partial charge in [-0.3, -0.25) is 4.68 Å². The van der Waals surface area contributed by atoms with Gasteiger partial charge in [0.05, 0.1) is 12.7 Å². The van der Waals surface area contributed by atoms with Gasteiger partial charge in [-0.05, 0) is 25.3 Å². The second-order valence-electron chi connectivity index (χ2n) is 5.92. The quantitative estimate of drug-likeness (QED) is 0.793. The summed E-state index contributed by atoms with van der Waals surface area (Å²) >= 11 is 0. The summed E-state index contributed by atoms with van der Waals surface area (Å²) in [5.41, 5.74) is 0. The molecule has 2 N–H and O–H groups in total. The first-order valence-corrected chi connectivity index (χ1v) is 9.18. The van der Waals surface area contributed by atoms with E-state index in [0.717, 1.165) is 13.0 Å². The van der Waals surface area contributed by atoms with Crippen LogP contribution in [0.4, 0.5) is 0 Å². The smallest absolute Gasteiger partial charge is 0.243 e. The third-order valence-corrected chi connectivity index (χ3v) is 5.71. The Hall–Kier alpha value is -0.920. The minimum atomic E-state index is -3.44. The van der Waals surface area contributed by atoms with Crippen LogP contribution in [0.15, 0.2) is 17.3 Å². The highest BCUT2D eigenvalue weighted by Crippen LogP contribution is 2.29. The van der Waals surface area contributed by atoms with Gasteiger partial charge in [-0.1, -0.05) is 26.2 Å². The maximum atomic E-state index is 12.3. The standard InChI is InChI=1S/C14H26N4O2S/c1-12-5-3-4-6-13(12)9-17-21(19,20)14-10-16-18(11-14)8-7-15-2/h10-13,15,17H,3-9H2,1-2H3. The molecule has 120 valence electrons. The molecule has 1 heterocycles. The summed E-state index contributed by atoms with van der Waals surface area (Å²) in [6.07, 6.45) is 7.80. The fourth-order valence-electron chi connectivity index (χ4n) is 2.83. The van der Waals surface area contributed by atoms with E-state index in [1.54, 1.807) is 10.9 Å². The molecular formula is C14H26N4O2S. The Morgan fingerprint density at radius 2 is 2.14 bits per heavy atom. The summed E-state index contributed by atoms with van der Waals surface area (Å²) in [5.74, 6) is 1.05. The van der Waals surface area contributed by atoms with Crippen LogP contribution in [0.1, 0.15) is 32.6 Å². The predicted octanol–water partition coefficient (Wildman–Crippen LogP) is 1.21. The maximum absolute atomic E-state index is 12.3. The van der Waals surface area contributed by atoms with Crippen LogP contribution in [0.5, 0.6) is 0 Å². The van der Waals surface area contributed by atoms with Crippen LogP contribution in [-0.2, 0) is 16.6 Å². The molecule has 7 heteroatoms. The van der Waals surface area contributed by atoms with Crippen LogP contribution in [0.2, 0.25) is 0 Å². The minimum Gasteiger partial charge on any atom is -0.318 e. The number of nitrogens with one attached hydrogen (secondary N) is 2. The molecule has 1 aliphatic carbocycles. The maximum Gasteiger partial charge on any atom is 0.243 e. The number of aromatic nitrogens is 2. The van der Waals surface area contributed by atoms with Gasteiger partial charge in [-0.25, -0.2) is 13.1 Å². The van der Waals surface area contributed by atoms with Gasteiger partial charge in [0.25, 0.3) is 0 Å². The number of rotatable bonds is 7. The highest BCUT2D eigenvalue weighted by atomic mass is 32.2. The van der Waals surface area contributed by atoms with E-state index < -0.39 is 10.0 Å². The van der Waals surface area contributed by atoms with Crippen molar-refractivity contribution in [2.24, 2.45) is 11.8 Å². The molecule has 2 unspecified atom stereocenters. The average Bonchev–Trinajstić information content (AvgIpc) is 2.94. The van der Waals surface area contributed by atoms with Crippen molar-refractivity contribution in [1.82, 2.24) is 19.8 Å². The third kappa shape index (κ3) is 4.52. The van der Waals surface area contributed by atoms with Gasteiger partial charge in [0.2, 0.25) is 10.0 Å². The van der Waals surface area contributed by atoms with Gasteiger partial charge >= 0.3 is 0 Å². The van der Waals surface area contributed by atoms with Crippen LogP contribution in [0.3, 0.4) is 0 Å². The lowest BCUT2D eigenvalue weighted by molar-refractivity contribution is 0.257. The lowest BCUT2D eigenvalue weighted by Crippen LogP contribution is -2.33. The molecule has 0 aliphatic heterocycles. The summed E-state index contributed by atoms with van der Waals surface area (Å²) in [5, 5.41) is 7.10. The Bertz CT molecular complexity index is 541. The first-order valence-electron chi connectivity index (χ1n) is 7.69. The molecule has 1 aromatic rings. The van der Waals surface area contributed by atoms with E-state index in [0.29, 0.717) is 24.9 Å². The third-order valence-electron chi connectivity index (χ3n) is 4.34. The van der Waals surface area contributed by atoms with Crippen LogP contribution >= 0.6 is 0 Å². The van der Waals surface area contributed by atoms with Gasteiger partial charge in [0, 0.05) is 19.3 Å². The number of hydrogen-bond donors (Lipinski definition) is 2. The zero-order valence-corrected chi connectivity index (χ0v) is 13.7. The van der Waals surface area contributed by atoms with Crippen molar-refractivity contribution >= 4 is 10.0 Å². The molecule has 0 aromatic carbocycles. The monoisotopic (exact) mass is 314 g/mol.